The molecule has 0 bridgehead atoms. The van der Waals surface area contributed by atoms with E-state index in [1.807, 2.05) is 0 Å². The highest BCUT2D eigenvalue weighted by molar-refractivity contribution is 5.67. The minimum Gasteiger partial charge on any atom is -0.450 e. The van der Waals surface area contributed by atoms with Gasteiger partial charge in [-0.1, -0.05) is 0 Å². The van der Waals surface area contributed by atoms with Gasteiger partial charge in [-0.05, 0) is 6.92 Å². The van der Waals surface area contributed by atoms with Crippen molar-refractivity contribution in [1.82, 2.24) is 4.90 Å². The fourth-order valence-corrected chi connectivity index (χ4v) is 1.84. The predicted octanol–water partition coefficient (Wildman–Crippen LogP) is 0.371. The number of amides is 2. The molecule has 6 heteroatoms. The Morgan fingerprint density at radius 3 is 2.65 bits per heavy atom. The fourth-order valence-electron chi connectivity index (χ4n) is 1.84. The first-order chi connectivity index (χ1) is 8.09. The average Bonchev–Trinajstić information content (AvgIpc) is 2.38. The van der Waals surface area contributed by atoms with Crippen LogP contribution in [0.4, 0.5) is 4.79 Å². The van der Waals surface area contributed by atoms with Crippen LogP contribution in [0, 0.1) is 11.3 Å². The zero-order chi connectivity index (χ0) is 12.9. The number of carbonyl (C=O) groups excluding carboxylic acids is 2. The molecule has 1 saturated heterocycles. The molecule has 0 saturated carbocycles. The van der Waals surface area contributed by atoms with E-state index in [2.05, 4.69) is 12.8 Å². The Bertz CT molecular complexity index is 365. The van der Waals surface area contributed by atoms with Gasteiger partial charge in [0.05, 0.1) is 6.61 Å². The fraction of sp³-hybridized carbons (Fsp3) is 0.636. The first kappa shape index (κ1) is 13.2. The van der Waals surface area contributed by atoms with E-state index >= 15 is 0 Å². The van der Waals surface area contributed by atoms with Gasteiger partial charge < -0.3 is 9.64 Å². The van der Waals surface area contributed by atoms with Crippen LogP contribution >= 0.6 is 0 Å². The van der Waals surface area contributed by atoms with Crippen LogP contribution in [0.2, 0.25) is 0 Å². The summed E-state index contributed by atoms with van der Waals surface area (Å²) in [5, 5.41) is 9.15. The highest BCUT2D eigenvalue weighted by atomic mass is 16.6. The molecule has 0 spiro atoms. The molecular formula is C11H16N3O3+. The summed E-state index contributed by atoms with van der Waals surface area (Å²) in [6, 6.07) is 2.11. The van der Waals surface area contributed by atoms with Crippen LogP contribution in [-0.2, 0) is 9.53 Å². The lowest BCUT2D eigenvalue weighted by atomic mass is 9.89. The Morgan fingerprint density at radius 1 is 1.65 bits per heavy atom. The summed E-state index contributed by atoms with van der Waals surface area (Å²) in [6.45, 7) is 6.40. The van der Waals surface area contributed by atoms with Crippen molar-refractivity contribution >= 4 is 19.2 Å². The molecule has 1 aliphatic heterocycles. The maximum Gasteiger partial charge on any atom is 0.409 e. The normalized spacial score (nSPS) is 18.0. The van der Waals surface area contributed by atoms with E-state index < -0.39 is 5.54 Å². The highest BCUT2D eigenvalue weighted by Crippen LogP contribution is 2.24. The first-order valence-electron chi connectivity index (χ1n) is 5.47. The minimum absolute atomic E-state index is 0.328. The van der Waals surface area contributed by atoms with Crippen molar-refractivity contribution in [3.63, 3.8) is 0 Å². The van der Waals surface area contributed by atoms with Gasteiger partial charge in [-0.15, -0.1) is 0 Å². The summed E-state index contributed by atoms with van der Waals surface area (Å²) in [5.74, 6) is 0. The van der Waals surface area contributed by atoms with Gasteiger partial charge in [0.25, 0.3) is 5.54 Å². The number of hydrogen-bond acceptors (Lipinski definition) is 4. The SMILES string of the molecule is C=[N+](C=O)C1(C#N)CCN(C(=O)OCC)CC1. The van der Waals surface area contributed by atoms with Crippen molar-refractivity contribution in [2.45, 2.75) is 25.3 Å². The Hall–Kier alpha value is -1.90. The Balaban J connectivity index is 2.66. The van der Waals surface area contributed by atoms with Crippen LogP contribution < -0.4 is 0 Å². The van der Waals surface area contributed by atoms with Crippen molar-refractivity contribution in [2.75, 3.05) is 19.7 Å². The summed E-state index contributed by atoms with van der Waals surface area (Å²) < 4.78 is 6.01. The Kier molecular flexibility index (Phi) is 4.21. The molecule has 0 atom stereocenters. The van der Waals surface area contributed by atoms with E-state index in [1.54, 1.807) is 6.92 Å². The second-order valence-electron chi connectivity index (χ2n) is 3.90. The van der Waals surface area contributed by atoms with Crippen molar-refractivity contribution in [3.05, 3.63) is 0 Å². The molecule has 92 valence electrons. The van der Waals surface area contributed by atoms with E-state index in [0.29, 0.717) is 38.9 Å². The molecular weight excluding hydrogens is 222 g/mol. The smallest absolute Gasteiger partial charge is 0.409 e. The van der Waals surface area contributed by atoms with Crippen molar-refractivity contribution in [1.29, 1.82) is 5.26 Å². The van der Waals surface area contributed by atoms with Crippen molar-refractivity contribution in [2.24, 2.45) is 0 Å². The summed E-state index contributed by atoms with van der Waals surface area (Å²) in [4.78, 5) is 23.7. The molecule has 1 heterocycles. The lowest BCUT2D eigenvalue weighted by Crippen LogP contribution is -2.51. The number of carbonyl (C=O) groups is 2. The maximum atomic E-state index is 11.5. The van der Waals surface area contributed by atoms with Gasteiger partial charge in [0, 0.05) is 25.9 Å². The number of likely N-dealkylation sites (tertiary alicyclic amines) is 1. The summed E-state index contributed by atoms with van der Waals surface area (Å²) in [7, 11) is 0. The first-order valence-corrected chi connectivity index (χ1v) is 5.47. The summed E-state index contributed by atoms with van der Waals surface area (Å²) >= 11 is 0. The maximum absolute atomic E-state index is 11.5. The van der Waals surface area contributed by atoms with Gasteiger partial charge >= 0.3 is 12.5 Å². The number of rotatable bonds is 3. The van der Waals surface area contributed by atoms with Crippen LogP contribution in [-0.4, -0.2) is 53.9 Å². The molecule has 0 aromatic rings. The van der Waals surface area contributed by atoms with E-state index in [0.717, 1.165) is 4.58 Å². The Labute approximate surface area is 100 Å². The standard InChI is InChI=1S/C11H16N3O3/c1-3-17-10(16)14-6-4-11(8-12,5-7-14)13(2)9-15/h9H,2-7H2,1H3/q+1. The van der Waals surface area contributed by atoms with Crippen LogP contribution in [0.3, 0.4) is 0 Å². The van der Waals surface area contributed by atoms with Crippen molar-refractivity contribution < 1.29 is 18.9 Å². The van der Waals surface area contributed by atoms with Gasteiger partial charge in [-0.3, -0.25) is 0 Å². The predicted molar refractivity (Wildman–Crippen MR) is 59.6 cm³/mol. The van der Waals surface area contributed by atoms with Crippen LogP contribution in [0.5, 0.6) is 0 Å². The van der Waals surface area contributed by atoms with Gasteiger partial charge in [0.2, 0.25) is 0 Å². The molecule has 0 aromatic heterocycles. The highest BCUT2D eigenvalue weighted by Gasteiger charge is 2.45. The molecule has 1 aliphatic rings. The molecule has 6 nitrogen and oxygen atoms in total. The number of piperidine rings is 1. The second kappa shape index (κ2) is 5.43. The van der Waals surface area contributed by atoms with Gasteiger partial charge in [0.15, 0.2) is 0 Å². The van der Waals surface area contributed by atoms with E-state index in [9.17, 15) is 9.59 Å². The van der Waals surface area contributed by atoms with Crippen LogP contribution in [0.25, 0.3) is 0 Å². The number of ether oxygens (including phenoxy) is 1. The lowest BCUT2D eigenvalue weighted by molar-refractivity contribution is -0.501. The zero-order valence-corrected chi connectivity index (χ0v) is 9.89. The number of nitriles is 1. The molecule has 1 rings (SSSR count). The van der Waals surface area contributed by atoms with Crippen LogP contribution in [0.1, 0.15) is 19.8 Å². The van der Waals surface area contributed by atoms with E-state index in [1.165, 1.54) is 4.90 Å². The lowest BCUT2D eigenvalue weighted by Gasteiger charge is -2.32. The van der Waals surface area contributed by atoms with Crippen molar-refractivity contribution in [3.8, 4) is 6.07 Å². The third-order valence-electron chi connectivity index (χ3n) is 3.00. The summed E-state index contributed by atoms with van der Waals surface area (Å²) in [6.07, 6.45) is 0.957. The molecule has 0 aromatic carbocycles. The van der Waals surface area contributed by atoms with Gasteiger partial charge in [-0.2, -0.15) is 9.84 Å². The van der Waals surface area contributed by atoms with E-state index in [4.69, 9.17) is 10.00 Å². The molecule has 0 radical (unpaired) electrons. The third-order valence-corrected chi connectivity index (χ3v) is 3.00. The minimum atomic E-state index is -0.898. The van der Waals surface area contributed by atoms with Gasteiger partial charge in [0.1, 0.15) is 12.8 Å². The topological polar surface area (TPSA) is 73.4 Å². The number of hydrogen-bond donors (Lipinski definition) is 0. The third kappa shape index (κ3) is 2.61. The van der Waals surface area contributed by atoms with Gasteiger partial charge in [-0.25, -0.2) is 9.59 Å². The molecule has 0 aliphatic carbocycles. The molecule has 1 fully saturated rings. The molecule has 0 N–H and O–H groups in total. The number of nitrogens with zero attached hydrogens (tertiary/aromatic N) is 3. The zero-order valence-electron chi connectivity index (χ0n) is 9.89. The quantitative estimate of drug-likeness (QED) is 0.404. The van der Waals surface area contributed by atoms with E-state index in [-0.39, 0.29) is 6.09 Å². The monoisotopic (exact) mass is 238 g/mol. The largest absolute Gasteiger partial charge is 0.450 e. The van der Waals surface area contributed by atoms with Crippen LogP contribution in [0.15, 0.2) is 0 Å². The summed E-state index contributed by atoms with van der Waals surface area (Å²) in [5.41, 5.74) is -0.898. The molecule has 2 amide bonds. The average molecular weight is 238 g/mol. The Morgan fingerprint density at radius 2 is 2.24 bits per heavy atom. The molecule has 0 unspecified atom stereocenters. The second-order valence-corrected chi connectivity index (χ2v) is 3.90. The molecule has 17 heavy (non-hydrogen) atoms.